The number of hydrogen-bond acceptors (Lipinski definition) is 6. The minimum absolute atomic E-state index is 0.00934. The summed E-state index contributed by atoms with van der Waals surface area (Å²) in [7, 11) is 1.20. The standard InChI is InChI=1S/C11H18N2O7/c1-11(18,9(15)16)6-12-10(17)13-3-4-20-5-7(13)8(14)19-2/h7,18H,3-6H2,1-2H3,(H,12,17)(H,15,16). The lowest BCUT2D eigenvalue weighted by Gasteiger charge is -2.34. The molecule has 0 aromatic rings. The van der Waals surface area contributed by atoms with E-state index in [1.165, 1.54) is 12.0 Å². The van der Waals surface area contributed by atoms with Gasteiger partial charge in [0.2, 0.25) is 0 Å². The molecule has 0 aliphatic carbocycles. The van der Waals surface area contributed by atoms with Gasteiger partial charge in [-0.15, -0.1) is 0 Å². The molecule has 0 spiro atoms. The van der Waals surface area contributed by atoms with Gasteiger partial charge >= 0.3 is 18.0 Å². The van der Waals surface area contributed by atoms with Gasteiger partial charge in [0, 0.05) is 6.54 Å². The zero-order valence-corrected chi connectivity index (χ0v) is 11.3. The average molecular weight is 290 g/mol. The molecular formula is C11H18N2O7. The van der Waals surface area contributed by atoms with E-state index in [-0.39, 0.29) is 19.8 Å². The predicted octanol–water partition coefficient (Wildman–Crippen LogP) is -1.59. The molecule has 0 bridgehead atoms. The van der Waals surface area contributed by atoms with E-state index in [1.807, 2.05) is 0 Å². The third-order valence-corrected chi connectivity index (χ3v) is 2.91. The number of ether oxygens (including phenoxy) is 2. The summed E-state index contributed by atoms with van der Waals surface area (Å²) >= 11 is 0. The molecule has 0 aromatic heterocycles. The number of carbonyl (C=O) groups is 3. The smallest absolute Gasteiger partial charge is 0.337 e. The van der Waals surface area contributed by atoms with Crippen molar-refractivity contribution >= 4 is 18.0 Å². The molecule has 1 fully saturated rings. The molecule has 0 saturated carbocycles. The number of rotatable bonds is 4. The van der Waals surface area contributed by atoms with Crippen molar-refractivity contribution in [3.8, 4) is 0 Å². The number of esters is 1. The van der Waals surface area contributed by atoms with Crippen molar-refractivity contribution < 1.29 is 34.1 Å². The lowest BCUT2D eigenvalue weighted by atomic mass is 10.1. The van der Waals surface area contributed by atoms with Crippen molar-refractivity contribution in [2.24, 2.45) is 0 Å². The van der Waals surface area contributed by atoms with Gasteiger partial charge < -0.3 is 29.9 Å². The van der Waals surface area contributed by atoms with E-state index in [0.29, 0.717) is 0 Å². The Labute approximate surface area is 115 Å². The maximum atomic E-state index is 11.9. The number of nitrogens with zero attached hydrogens (tertiary/aromatic N) is 1. The number of methoxy groups -OCH3 is 1. The van der Waals surface area contributed by atoms with Crippen LogP contribution >= 0.6 is 0 Å². The van der Waals surface area contributed by atoms with Gasteiger partial charge in [-0.3, -0.25) is 0 Å². The quantitative estimate of drug-likeness (QED) is 0.533. The Morgan fingerprint density at radius 2 is 2.15 bits per heavy atom. The molecule has 3 N–H and O–H groups in total. The third-order valence-electron chi connectivity index (χ3n) is 2.91. The second kappa shape index (κ2) is 6.53. The molecular weight excluding hydrogens is 272 g/mol. The molecule has 1 rings (SSSR count). The number of carboxylic acid groups (broad SMARTS) is 1. The third kappa shape index (κ3) is 3.81. The summed E-state index contributed by atoms with van der Waals surface area (Å²) in [5.41, 5.74) is -2.08. The fourth-order valence-electron chi connectivity index (χ4n) is 1.60. The van der Waals surface area contributed by atoms with E-state index in [2.05, 4.69) is 10.1 Å². The molecule has 0 aromatic carbocycles. The summed E-state index contributed by atoms with van der Waals surface area (Å²) in [6, 6.07) is -1.55. The van der Waals surface area contributed by atoms with Crippen LogP contribution in [0.1, 0.15) is 6.92 Å². The Balaban J connectivity index is 2.64. The van der Waals surface area contributed by atoms with Crippen molar-refractivity contribution in [2.45, 2.75) is 18.6 Å². The lowest BCUT2D eigenvalue weighted by molar-refractivity contribution is -0.156. The molecule has 1 heterocycles. The number of morpholine rings is 1. The van der Waals surface area contributed by atoms with E-state index < -0.39 is 36.2 Å². The van der Waals surface area contributed by atoms with Crippen molar-refractivity contribution in [1.29, 1.82) is 0 Å². The second-order valence-electron chi connectivity index (χ2n) is 4.54. The Hall–Kier alpha value is -1.87. The van der Waals surface area contributed by atoms with E-state index in [0.717, 1.165) is 6.92 Å². The average Bonchev–Trinajstić information content (AvgIpc) is 2.43. The van der Waals surface area contributed by atoms with Crippen molar-refractivity contribution in [2.75, 3.05) is 33.4 Å². The van der Waals surface area contributed by atoms with Crippen LogP contribution in [0.3, 0.4) is 0 Å². The van der Waals surface area contributed by atoms with Crippen LogP contribution in [0, 0.1) is 0 Å². The zero-order valence-electron chi connectivity index (χ0n) is 11.3. The molecule has 20 heavy (non-hydrogen) atoms. The molecule has 0 radical (unpaired) electrons. The first kappa shape index (κ1) is 16.2. The van der Waals surface area contributed by atoms with E-state index >= 15 is 0 Å². The molecule has 1 aliphatic rings. The van der Waals surface area contributed by atoms with Gasteiger partial charge in [-0.1, -0.05) is 0 Å². The monoisotopic (exact) mass is 290 g/mol. The summed E-state index contributed by atoms with van der Waals surface area (Å²) in [5.74, 6) is -2.07. The Kier molecular flexibility index (Phi) is 5.28. The minimum atomic E-state index is -2.08. The number of aliphatic hydroxyl groups is 1. The molecule has 2 unspecified atom stereocenters. The van der Waals surface area contributed by atoms with Crippen LogP contribution < -0.4 is 5.32 Å². The lowest BCUT2D eigenvalue weighted by Crippen LogP contribution is -2.58. The topological polar surface area (TPSA) is 125 Å². The van der Waals surface area contributed by atoms with E-state index in [4.69, 9.17) is 9.84 Å². The summed E-state index contributed by atoms with van der Waals surface area (Å²) in [6.45, 7) is 1.02. The van der Waals surface area contributed by atoms with Gasteiger partial charge in [-0.25, -0.2) is 14.4 Å². The van der Waals surface area contributed by atoms with Crippen LogP contribution in [-0.2, 0) is 19.1 Å². The maximum Gasteiger partial charge on any atom is 0.337 e. The van der Waals surface area contributed by atoms with Crippen LogP contribution in [0.4, 0.5) is 4.79 Å². The van der Waals surface area contributed by atoms with E-state index in [9.17, 15) is 19.5 Å². The van der Waals surface area contributed by atoms with Crippen molar-refractivity contribution in [1.82, 2.24) is 10.2 Å². The molecule has 9 nitrogen and oxygen atoms in total. The zero-order chi connectivity index (χ0) is 15.3. The molecule has 9 heteroatoms. The van der Waals surface area contributed by atoms with Gasteiger partial charge in [0.25, 0.3) is 0 Å². The van der Waals surface area contributed by atoms with Crippen LogP contribution in [-0.4, -0.2) is 78.1 Å². The second-order valence-corrected chi connectivity index (χ2v) is 4.54. The fourth-order valence-corrected chi connectivity index (χ4v) is 1.60. The summed E-state index contributed by atoms with van der Waals surface area (Å²) in [4.78, 5) is 35.4. The van der Waals surface area contributed by atoms with Gasteiger partial charge in [0.05, 0.1) is 26.9 Å². The van der Waals surface area contributed by atoms with Crippen molar-refractivity contribution in [3.05, 3.63) is 0 Å². The van der Waals surface area contributed by atoms with Gasteiger partial charge in [0.15, 0.2) is 11.6 Å². The van der Waals surface area contributed by atoms with Gasteiger partial charge in [-0.05, 0) is 6.92 Å². The molecule has 1 aliphatic heterocycles. The first-order valence-electron chi connectivity index (χ1n) is 5.95. The van der Waals surface area contributed by atoms with Crippen LogP contribution in [0.2, 0.25) is 0 Å². The highest BCUT2D eigenvalue weighted by molar-refractivity contribution is 5.84. The molecule has 1 saturated heterocycles. The van der Waals surface area contributed by atoms with Gasteiger partial charge in [0.1, 0.15) is 0 Å². The molecule has 2 amide bonds. The number of carboxylic acids is 1. The minimum Gasteiger partial charge on any atom is -0.479 e. The van der Waals surface area contributed by atoms with Crippen molar-refractivity contribution in [3.63, 3.8) is 0 Å². The first-order chi connectivity index (χ1) is 9.29. The largest absolute Gasteiger partial charge is 0.479 e. The number of nitrogens with one attached hydrogen (secondary N) is 1. The maximum absolute atomic E-state index is 11.9. The van der Waals surface area contributed by atoms with E-state index in [1.54, 1.807) is 0 Å². The number of hydrogen-bond donors (Lipinski definition) is 3. The highest BCUT2D eigenvalue weighted by Gasteiger charge is 2.36. The number of aliphatic carboxylic acids is 1. The SMILES string of the molecule is COC(=O)C1COCCN1C(=O)NCC(C)(O)C(=O)O. The van der Waals surface area contributed by atoms with Crippen LogP contribution in [0.5, 0.6) is 0 Å². The Bertz CT molecular complexity index is 396. The highest BCUT2D eigenvalue weighted by Crippen LogP contribution is 2.09. The number of urea groups is 1. The first-order valence-corrected chi connectivity index (χ1v) is 5.95. The summed E-state index contributed by atoms with van der Waals surface area (Å²) in [5, 5.41) is 20.5. The number of amides is 2. The summed E-state index contributed by atoms with van der Waals surface area (Å²) in [6.07, 6.45) is 0. The normalized spacial score (nSPS) is 21.8. The van der Waals surface area contributed by atoms with Gasteiger partial charge in [-0.2, -0.15) is 0 Å². The molecule has 2 atom stereocenters. The predicted molar refractivity (Wildman–Crippen MR) is 65.0 cm³/mol. The van der Waals surface area contributed by atoms with Crippen LogP contribution in [0.25, 0.3) is 0 Å². The Morgan fingerprint density at radius 1 is 1.50 bits per heavy atom. The molecule has 114 valence electrons. The highest BCUT2D eigenvalue weighted by atomic mass is 16.5. The van der Waals surface area contributed by atoms with Crippen LogP contribution in [0.15, 0.2) is 0 Å². The fraction of sp³-hybridized carbons (Fsp3) is 0.727. The number of carbonyl (C=O) groups excluding carboxylic acids is 2. The Morgan fingerprint density at radius 3 is 2.70 bits per heavy atom. The summed E-state index contributed by atoms with van der Waals surface area (Å²) < 4.78 is 9.67.